The average Bonchev–Trinajstić information content (AvgIpc) is 3.26. The van der Waals surface area contributed by atoms with Gasteiger partial charge in [-0.15, -0.1) is 0 Å². The SMILES string of the molecule is Cc1cc(O)cc(C)c1C[C@H](N)C(=O)N1Cc2ccccc2C[C@H]1c1nc(-c2ccccc2)c(Br)[nH]1. The van der Waals surface area contributed by atoms with E-state index in [1.165, 1.54) is 5.56 Å². The molecule has 36 heavy (non-hydrogen) atoms. The quantitative estimate of drug-likeness (QED) is 0.315. The number of phenols is 1. The first kappa shape index (κ1) is 24.3. The minimum atomic E-state index is -0.716. The molecule has 3 aromatic carbocycles. The van der Waals surface area contributed by atoms with Crippen LogP contribution in [0.1, 0.15) is 39.7 Å². The highest BCUT2D eigenvalue weighted by Crippen LogP contribution is 2.36. The number of hydrogen-bond donors (Lipinski definition) is 3. The molecule has 4 aromatic rings. The average molecular weight is 545 g/mol. The number of aromatic amines is 1. The molecule has 7 heteroatoms. The number of carbonyl (C=O) groups is 1. The van der Waals surface area contributed by atoms with Gasteiger partial charge >= 0.3 is 0 Å². The molecule has 0 saturated heterocycles. The van der Waals surface area contributed by atoms with Crippen molar-refractivity contribution in [1.29, 1.82) is 0 Å². The predicted molar refractivity (Wildman–Crippen MR) is 144 cm³/mol. The summed E-state index contributed by atoms with van der Waals surface area (Å²) in [6.07, 6.45) is 1.05. The first-order chi connectivity index (χ1) is 17.3. The molecule has 0 radical (unpaired) electrons. The van der Waals surface area contributed by atoms with Crippen molar-refractivity contribution in [2.75, 3.05) is 0 Å². The Morgan fingerprint density at radius 1 is 1.11 bits per heavy atom. The second-order valence-corrected chi connectivity index (χ2v) is 10.3. The number of fused-ring (bicyclic) bond motifs is 1. The Morgan fingerprint density at radius 2 is 1.75 bits per heavy atom. The molecule has 0 fully saturated rings. The molecule has 4 N–H and O–H groups in total. The van der Waals surface area contributed by atoms with E-state index >= 15 is 0 Å². The Morgan fingerprint density at radius 3 is 2.44 bits per heavy atom. The van der Waals surface area contributed by atoms with Gasteiger partial charge in [-0.1, -0.05) is 54.6 Å². The van der Waals surface area contributed by atoms with Crippen LogP contribution in [0.25, 0.3) is 11.3 Å². The number of benzene rings is 3. The minimum absolute atomic E-state index is 0.116. The van der Waals surface area contributed by atoms with E-state index in [0.29, 0.717) is 19.4 Å². The van der Waals surface area contributed by atoms with Crippen molar-refractivity contribution in [1.82, 2.24) is 14.9 Å². The van der Waals surface area contributed by atoms with Gasteiger partial charge < -0.3 is 20.7 Å². The Kier molecular flexibility index (Phi) is 6.69. The molecular weight excluding hydrogens is 516 g/mol. The Hall–Kier alpha value is -3.42. The fourth-order valence-corrected chi connectivity index (χ4v) is 5.65. The van der Waals surface area contributed by atoms with Crippen LogP contribution in [0.4, 0.5) is 0 Å². The molecule has 5 rings (SSSR count). The van der Waals surface area contributed by atoms with Crippen LogP contribution in [-0.4, -0.2) is 31.9 Å². The van der Waals surface area contributed by atoms with E-state index in [1.54, 1.807) is 12.1 Å². The fourth-order valence-electron chi connectivity index (χ4n) is 5.13. The van der Waals surface area contributed by atoms with E-state index in [4.69, 9.17) is 10.7 Å². The molecular formula is C29H29BrN4O2. The molecule has 1 amide bonds. The van der Waals surface area contributed by atoms with E-state index in [9.17, 15) is 9.90 Å². The second kappa shape index (κ2) is 9.91. The molecule has 1 aliphatic heterocycles. The highest BCUT2D eigenvalue weighted by Gasteiger charge is 2.35. The van der Waals surface area contributed by atoms with Gasteiger partial charge in [0.2, 0.25) is 5.91 Å². The molecule has 0 saturated carbocycles. The molecule has 184 valence electrons. The third-order valence-corrected chi connectivity index (χ3v) is 7.57. The Labute approximate surface area is 219 Å². The standard InChI is InChI=1S/C29H29BrN4O2/c1-17-12-22(35)13-18(2)23(17)15-24(31)29(36)34-16-21-11-7-6-10-20(21)14-25(34)28-32-26(27(30)33-28)19-8-4-3-5-9-19/h3-13,24-25,35H,14-16,31H2,1-2H3,(H,32,33)/t24-,25-/m0/s1. The summed E-state index contributed by atoms with van der Waals surface area (Å²) in [5.41, 5.74) is 13.5. The molecule has 0 spiro atoms. The number of rotatable bonds is 5. The van der Waals surface area contributed by atoms with Crippen molar-refractivity contribution in [3.63, 3.8) is 0 Å². The lowest BCUT2D eigenvalue weighted by molar-refractivity contribution is -0.136. The molecule has 2 atom stereocenters. The van der Waals surface area contributed by atoms with Crippen LogP contribution in [-0.2, 0) is 24.2 Å². The van der Waals surface area contributed by atoms with Gasteiger partial charge in [-0.25, -0.2) is 4.98 Å². The normalized spacial score (nSPS) is 16.0. The van der Waals surface area contributed by atoms with Gasteiger partial charge in [-0.3, -0.25) is 4.79 Å². The van der Waals surface area contributed by atoms with Crippen molar-refractivity contribution in [2.45, 2.75) is 45.3 Å². The van der Waals surface area contributed by atoms with E-state index < -0.39 is 6.04 Å². The monoisotopic (exact) mass is 544 g/mol. The van der Waals surface area contributed by atoms with Crippen LogP contribution < -0.4 is 5.73 Å². The molecule has 1 aliphatic rings. The van der Waals surface area contributed by atoms with Crippen molar-refractivity contribution < 1.29 is 9.90 Å². The van der Waals surface area contributed by atoms with Crippen LogP contribution >= 0.6 is 15.9 Å². The van der Waals surface area contributed by atoms with Crippen molar-refractivity contribution in [3.8, 4) is 17.0 Å². The number of imidazole rings is 1. The van der Waals surface area contributed by atoms with Gasteiger partial charge in [0.15, 0.2) is 0 Å². The Balaban J connectivity index is 1.48. The Bertz CT molecular complexity index is 1390. The number of aryl methyl sites for hydroxylation is 2. The number of halogens is 1. The van der Waals surface area contributed by atoms with E-state index in [2.05, 4.69) is 33.0 Å². The highest BCUT2D eigenvalue weighted by molar-refractivity contribution is 9.10. The summed E-state index contributed by atoms with van der Waals surface area (Å²) in [5.74, 6) is 0.835. The number of carbonyl (C=O) groups excluding carboxylic acids is 1. The largest absolute Gasteiger partial charge is 0.508 e. The van der Waals surface area contributed by atoms with E-state index in [0.717, 1.165) is 43.9 Å². The smallest absolute Gasteiger partial charge is 0.240 e. The maximum Gasteiger partial charge on any atom is 0.240 e. The number of aromatic nitrogens is 2. The fraction of sp³-hybridized carbons (Fsp3) is 0.241. The van der Waals surface area contributed by atoms with Gasteiger partial charge in [0.1, 0.15) is 21.9 Å². The van der Waals surface area contributed by atoms with Gasteiger partial charge in [-0.2, -0.15) is 0 Å². The molecule has 2 heterocycles. The summed E-state index contributed by atoms with van der Waals surface area (Å²) in [6, 6.07) is 20.6. The van der Waals surface area contributed by atoms with E-state index in [-0.39, 0.29) is 17.7 Å². The summed E-state index contributed by atoms with van der Waals surface area (Å²) in [6.45, 7) is 4.34. The zero-order valence-corrected chi connectivity index (χ0v) is 21.9. The third kappa shape index (κ3) is 4.68. The lowest BCUT2D eigenvalue weighted by Gasteiger charge is -2.37. The second-order valence-electron chi connectivity index (χ2n) is 9.47. The topological polar surface area (TPSA) is 95.2 Å². The predicted octanol–water partition coefficient (Wildman–Crippen LogP) is 5.36. The van der Waals surface area contributed by atoms with Gasteiger partial charge in [0.05, 0.1) is 12.1 Å². The number of nitrogens with zero attached hydrogens (tertiary/aromatic N) is 2. The zero-order chi connectivity index (χ0) is 25.4. The van der Waals surface area contributed by atoms with E-state index in [1.807, 2.05) is 61.2 Å². The maximum absolute atomic E-state index is 13.8. The maximum atomic E-state index is 13.8. The number of phenolic OH excluding ortho intramolecular Hbond substituents is 1. The van der Waals surface area contributed by atoms with Crippen LogP contribution in [0.2, 0.25) is 0 Å². The number of amides is 1. The number of nitrogens with one attached hydrogen (secondary N) is 1. The van der Waals surface area contributed by atoms with Gasteiger partial charge in [0.25, 0.3) is 0 Å². The lowest BCUT2D eigenvalue weighted by Crippen LogP contribution is -2.48. The van der Waals surface area contributed by atoms with Crippen LogP contribution in [0.15, 0.2) is 71.3 Å². The summed E-state index contributed by atoms with van der Waals surface area (Å²) < 4.78 is 0.787. The summed E-state index contributed by atoms with van der Waals surface area (Å²) in [5, 5.41) is 9.91. The highest BCUT2D eigenvalue weighted by atomic mass is 79.9. The van der Waals surface area contributed by atoms with Gasteiger partial charge in [0, 0.05) is 18.5 Å². The van der Waals surface area contributed by atoms with Crippen molar-refractivity contribution >= 4 is 21.8 Å². The van der Waals surface area contributed by atoms with Gasteiger partial charge in [-0.05, 0) is 76.1 Å². The molecule has 6 nitrogen and oxygen atoms in total. The first-order valence-electron chi connectivity index (χ1n) is 12.0. The zero-order valence-electron chi connectivity index (χ0n) is 20.3. The molecule has 0 bridgehead atoms. The molecule has 0 unspecified atom stereocenters. The van der Waals surface area contributed by atoms with Crippen LogP contribution in [0.5, 0.6) is 5.75 Å². The summed E-state index contributed by atoms with van der Waals surface area (Å²) in [4.78, 5) is 24.0. The number of aromatic hydroxyl groups is 1. The summed E-state index contributed by atoms with van der Waals surface area (Å²) in [7, 11) is 0. The van der Waals surface area contributed by atoms with Crippen LogP contribution in [0, 0.1) is 13.8 Å². The number of H-pyrrole nitrogens is 1. The minimum Gasteiger partial charge on any atom is -0.508 e. The third-order valence-electron chi connectivity index (χ3n) is 6.99. The number of nitrogens with two attached hydrogens (primary N) is 1. The molecule has 0 aliphatic carbocycles. The lowest BCUT2D eigenvalue weighted by atomic mass is 9.91. The first-order valence-corrected chi connectivity index (χ1v) is 12.8. The van der Waals surface area contributed by atoms with Crippen molar-refractivity contribution in [2.24, 2.45) is 5.73 Å². The molecule has 1 aromatic heterocycles. The van der Waals surface area contributed by atoms with Crippen LogP contribution in [0.3, 0.4) is 0 Å². The summed E-state index contributed by atoms with van der Waals surface area (Å²) >= 11 is 3.64. The number of hydrogen-bond acceptors (Lipinski definition) is 4. The van der Waals surface area contributed by atoms with Crippen molar-refractivity contribution in [3.05, 3.63) is 105 Å².